The van der Waals surface area contributed by atoms with Crippen molar-refractivity contribution in [1.29, 1.82) is 5.26 Å². The monoisotopic (exact) mass is 565 g/mol. The normalized spacial score (nSPS) is 20.4. The van der Waals surface area contributed by atoms with Gasteiger partial charge in [0.05, 0.1) is 29.0 Å². The molecular weight excluding hydrogens is 546 g/mol. The Morgan fingerprint density at radius 3 is 2.67 bits per heavy atom. The van der Waals surface area contributed by atoms with Gasteiger partial charge in [-0.2, -0.15) is 31.2 Å². The fourth-order valence-electron chi connectivity index (χ4n) is 4.70. The Morgan fingerprint density at radius 1 is 1.18 bits per heavy atom. The van der Waals surface area contributed by atoms with Gasteiger partial charge in [0.15, 0.2) is 5.82 Å². The Bertz CT molecular complexity index is 1560. The molecule has 39 heavy (non-hydrogen) atoms. The van der Waals surface area contributed by atoms with E-state index in [0.29, 0.717) is 0 Å². The van der Waals surface area contributed by atoms with Crippen molar-refractivity contribution in [1.82, 2.24) is 9.46 Å². The third-order valence-corrected chi connectivity index (χ3v) is 7.96. The largest absolute Gasteiger partial charge is 0.416 e. The highest BCUT2D eigenvalue weighted by Gasteiger charge is 2.44. The summed E-state index contributed by atoms with van der Waals surface area (Å²) in [5.41, 5.74) is -1.52. The number of halogens is 4. The van der Waals surface area contributed by atoms with Crippen LogP contribution in [0, 0.1) is 17.1 Å². The van der Waals surface area contributed by atoms with E-state index in [2.05, 4.69) is 14.4 Å². The van der Waals surface area contributed by atoms with Crippen LogP contribution in [0.3, 0.4) is 0 Å². The predicted octanol–water partition coefficient (Wildman–Crippen LogP) is 3.53. The second-order valence-corrected chi connectivity index (χ2v) is 10.5. The molecule has 0 bridgehead atoms. The van der Waals surface area contributed by atoms with Crippen LogP contribution >= 0.6 is 0 Å². The average Bonchev–Trinajstić information content (AvgIpc) is 3.40. The number of carbonyl (C=O) groups excluding carboxylic acids is 1. The lowest BCUT2D eigenvalue weighted by molar-refractivity contribution is -0.137. The summed E-state index contributed by atoms with van der Waals surface area (Å²) in [6, 6.07) is 8.56. The molecule has 204 valence electrons. The van der Waals surface area contributed by atoms with E-state index in [4.69, 9.17) is 4.74 Å². The molecule has 2 aliphatic rings. The first-order valence-electron chi connectivity index (χ1n) is 11.5. The van der Waals surface area contributed by atoms with E-state index in [1.54, 1.807) is 0 Å². The van der Waals surface area contributed by atoms with E-state index in [0.717, 1.165) is 34.6 Å². The van der Waals surface area contributed by atoms with Gasteiger partial charge in [-0.3, -0.25) is 9.52 Å². The molecule has 2 saturated heterocycles. The standard InChI is InChI=1S/C24H19F4N5O5S/c25-18-10-20(15(11-29)9-17(18)14-2-1-3-16(8-14)24(26,27)28)33-19-4-6-32(12-21(19)37-13-23(33)34)39(35,36)31-22-5-7-38-30-22/h1-3,5,7-10,19,21H,4,6,12-13H2,(H,30,31)/t19-,21-/m1/s1. The van der Waals surface area contributed by atoms with Gasteiger partial charge in [0, 0.05) is 24.7 Å². The maximum atomic E-state index is 15.3. The minimum atomic E-state index is -4.65. The first-order chi connectivity index (χ1) is 18.5. The molecule has 2 atom stereocenters. The number of nitrogens with one attached hydrogen (secondary N) is 1. The molecule has 1 N–H and O–H groups in total. The summed E-state index contributed by atoms with van der Waals surface area (Å²) < 4.78 is 94.0. The van der Waals surface area contributed by atoms with E-state index in [9.17, 15) is 31.6 Å². The smallest absolute Gasteiger partial charge is 0.365 e. The lowest BCUT2D eigenvalue weighted by Crippen LogP contribution is -2.62. The molecule has 2 aromatic carbocycles. The number of hydrogen-bond acceptors (Lipinski definition) is 7. The molecule has 1 amide bonds. The number of ether oxygens (including phenoxy) is 1. The Hall–Kier alpha value is -4.00. The second-order valence-electron chi connectivity index (χ2n) is 8.86. The zero-order chi connectivity index (χ0) is 27.9. The first kappa shape index (κ1) is 26.6. The Balaban J connectivity index is 1.44. The summed E-state index contributed by atoms with van der Waals surface area (Å²) in [7, 11) is -4.04. The molecule has 0 spiro atoms. The number of aromatic nitrogens is 1. The van der Waals surface area contributed by atoms with E-state index in [1.165, 1.54) is 23.3 Å². The van der Waals surface area contributed by atoms with Crippen molar-refractivity contribution in [2.75, 3.05) is 29.3 Å². The molecule has 0 saturated carbocycles. The van der Waals surface area contributed by atoms with E-state index in [1.807, 2.05) is 6.07 Å². The zero-order valence-electron chi connectivity index (χ0n) is 19.9. The minimum absolute atomic E-state index is 0.0199. The molecule has 3 heterocycles. The number of alkyl halides is 3. The zero-order valence-corrected chi connectivity index (χ0v) is 20.7. The van der Waals surface area contributed by atoms with Crippen molar-refractivity contribution in [3.63, 3.8) is 0 Å². The number of morpholine rings is 1. The predicted molar refractivity (Wildman–Crippen MR) is 128 cm³/mol. The summed E-state index contributed by atoms with van der Waals surface area (Å²) in [6.07, 6.45) is -4.16. The minimum Gasteiger partial charge on any atom is -0.365 e. The molecule has 2 aliphatic heterocycles. The van der Waals surface area contributed by atoms with Gasteiger partial charge in [0.2, 0.25) is 0 Å². The van der Waals surface area contributed by atoms with Crippen LogP contribution in [-0.4, -0.2) is 55.6 Å². The van der Waals surface area contributed by atoms with Gasteiger partial charge in [-0.05, 0) is 36.2 Å². The number of amides is 1. The fraction of sp³-hybridized carbons (Fsp3) is 0.292. The Labute approximate surface area is 219 Å². The summed E-state index contributed by atoms with van der Waals surface area (Å²) in [5, 5.41) is 13.3. The summed E-state index contributed by atoms with van der Waals surface area (Å²) in [5.74, 6) is -1.53. The number of hydrogen-bond donors (Lipinski definition) is 1. The third kappa shape index (κ3) is 5.18. The van der Waals surface area contributed by atoms with Crippen LogP contribution in [0.5, 0.6) is 0 Å². The first-order valence-corrected chi connectivity index (χ1v) is 12.9. The summed E-state index contributed by atoms with van der Waals surface area (Å²) >= 11 is 0. The molecule has 1 aromatic heterocycles. The van der Waals surface area contributed by atoms with Crippen molar-refractivity contribution < 1.29 is 40.0 Å². The number of nitriles is 1. The SMILES string of the molecule is N#Cc1cc(-c2cccc(C(F)(F)F)c2)c(F)cc1N1C(=O)CO[C@@H]2CN(S(=O)(=O)Nc3ccon3)CC[C@H]21. The number of benzene rings is 2. The third-order valence-electron chi connectivity index (χ3n) is 6.49. The highest BCUT2D eigenvalue weighted by Crippen LogP contribution is 2.37. The number of piperidine rings is 1. The quantitative estimate of drug-likeness (QED) is 0.469. The molecule has 3 aromatic rings. The molecular formula is C24H19F4N5O5S. The summed E-state index contributed by atoms with van der Waals surface area (Å²) in [6.45, 7) is -0.629. The van der Waals surface area contributed by atoms with Crippen molar-refractivity contribution in [2.45, 2.75) is 24.7 Å². The van der Waals surface area contributed by atoms with Gasteiger partial charge in [0.1, 0.15) is 24.8 Å². The van der Waals surface area contributed by atoms with E-state index < -0.39 is 52.4 Å². The van der Waals surface area contributed by atoms with Gasteiger partial charge in [-0.15, -0.1) is 0 Å². The molecule has 2 fully saturated rings. The maximum Gasteiger partial charge on any atom is 0.416 e. The molecule has 15 heteroatoms. The molecule has 0 unspecified atom stereocenters. The van der Waals surface area contributed by atoms with Gasteiger partial charge < -0.3 is 14.2 Å². The number of nitrogens with zero attached hydrogens (tertiary/aromatic N) is 4. The summed E-state index contributed by atoms with van der Waals surface area (Å²) in [4.78, 5) is 14.1. The number of carbonyl (C=O) groups is 1. The molecule has 10 nitrogen and oxygen atoms in total. The van der Waals surface area contributed by atoms with E-state index in [-0.39, 0.29) is 47.7 Å². The van der Waals surface area contributed by atoms with Crippen LogP contribution in [0.15, 0.2) is 53.3 Å². The van der Waals surface area contributed by atoms with Crippen LogP contribution in [0.25, 0.3) is 11.1 Å². The van der Waals surface area contributed by atoms with Crippen LogP contribution in [0.2, 0.25) is 0 Å². The van der Waals surface area contributed by atoms with Gasteiger partial charge in [0.25, 0.3) is 5.91 Å². The molecule has 0 radical (unpaired) electrons. The van der Waals surface area contributed by atoms with Crippen LogP contribution in [0.4, 0.5) is 29.1 Å². The van der Waals surface area contributed by atoms with Gasteiger partial charge >= 0.3 is 16.4 Å². The second kappa shape index (κ2) is 9.95. The van der Waals surface area contributed by atoms with Crippen LogP contribution in [-0.2, 0) is 25.9 Å². The van der Waals surface area contributed by atoms with Crippen molar-refractivity contribution in [3.05, 3.63) is 65.7 Å². The fourth-order valence-corrected chi connectivity index (χ4v) is 5.88. The topological polar surface area (TPSA) is 129 Å². The molecule has 5 rings (SSSR count). The number of fused-ring (bicyclic) bond motifs is 1. The highest BCUT2D eigenvalue weighted by atomic mass is 32.2. The number of anilines is 2. The van der Waals surface area contributed by atoms with Crippen LogP contribution < -0.4 is 9.62 Å². The van der Waals surface area contributed by atoms with Crippen molar-refractivity contribution in [3.8, 4) is 17.2 Å². The van der Waals surface area contributed by atoms with E-state index >= 15 is 4.39 Å². The average molecular weight is 566 g/mol. The molecule has 0 aliphatic carbocycles. The van der Waals surface area contributed by atoms with Gasteiger partial charge in [-0.25, -0.2) is 4.39 Å². The van der Waals surface area contributed by atoms with Gasteiger partial charge in [-0.1, -0.05) is 17.3 Å². The van der Waals surface area contributed by atoms with Crippen molar-refractivity contribution in [2.24, 2.45) is 0 Å². The lowest BCUT2D eigenvalue weighted by atomic mass is 9.95. The number of rotatable bonds is 5. The van der Waals surface area contributed by atoms with Crippen molar-refractivity contribution >= 4 is 27.6 Å². The highest BCUT2D eigenvalue weighted by molar-refractivity contribution is 7.90. The Kier molecular flexibility index (Phi) is 6.79. The lowest BCUT2D eigenvalue weighted by Gasteiger charge is -2.46. The van der Waals surface area contributed by atoms with Crippen LogP contribution in [0.1, 0.15) is 17.5 Å². The maximum absolute atomic E-state index is 15.3. The Morgan fingerprint density at radius 2 is 1.97 bits per heavy atom.